The van der Waals surface area contributed by atoms with Crippen molar-refractivity contribution in [2.45, 2.75) is 31.2 Å². The zero-order valence-electron chi connectivity index (χ0n) is 11.6. The molecule has 1 heterocycles. The van der Waals surface area contributed by atoms with E-state index in [1.54, 1.807) is 12.1 Å². The van der Waals surface area contributed by atoms with E-state index in [4.69, 9.17) is 0 Å². The summed E-state index contributed by atoms with van der Waals surface area (Å²) in [6.45, 7) is 6.60. The first-order valence-electron chi connectivity index (χ1n) is 6.84. The van der Waals surface area contributed by atoms with Crippen molar-refractivity contribution in [2.24, 2.45) is 0 Å². The van der Waals surface area contributed by atoms with E-state index in [2.05, 4.69) is 17.1 Å². The van der Waals surface area contributed by atoms with Crippen LogP contribution in [-0.4, -0.2) is 39.8 Å². The molecule has 1 aliphatic heterocycles. The third kappa shape index (κ3) is 3.28. The fraction of sp³-hybridized carbons (Fsp3) is 0.571. The molecule has 2 rings (SSSR count). The highest BCUT2D eigenvalue weighted by Crippen LogP contribution is 2.27. The Bertz CT molecular complexity index is 528. The van der Waals surface area contributed by atoms with Crippen LogP contribution < -0.4 is 10.2 Å². The molecule has 1 aliphatic rings. The summed E-state index contributed by atoms with van der Waals surface area (Å²) in [5.41, 5.74) is 0.851. The third-order valence-corrected chi connectivity index (χ3v) is 5.34. The maximum Gasteiger partial charge on any atom is 0.180 e. The van der Waals surface area contributed by atoms with Crippen LogP contribution in [0.25, 0.3) is 0 Å². The van der Waals surface area contributed by atoms with Crippen molar-refractivity contribution < 1.29 is 8.42 Å². The lowest BCUT2D eigenvalue weighted by Crippen LogP contribution is -2.49. The zero-order valence-corrected chi connectivity index (χ0v) is 12.4. The highest BCUT2D eigenvalue weighted by Gasteiger charge is 2.23. The Labute approximate surface area is 115 Å². The molecule has 0 unspecified atom stereocenters. The Hall–Kier alpha value is -1.07. The standard InChI is InChI=1S/C14H22N2O2S/c1-3-10-19(17,18)14-7-5-4-6-13(14)16-9-8-15-12(2)11-16/h4-7,12,15H,3,8-11H2,1-2H3/t12-/m0/s1. The molecule has 1 aromatic rings. The third-order valence-electron chi connectivity index (χ3n) is 3.38. The number of nitrogens with zero attached hydrogens (tertiary/aromatic N) is 1. The summed E-state index contributed by atoms with van der Waals surface area (Å²) in [5.74, 6) is 0.214. The minimum Gasteiger partial charge on any atom is -0.368 e. The van der Waals surface area contributed by atoms with E-state index >= 15 is 0 Å². The SMILES string of the molecule is CCCS(=O)(=O)c1ccccc1N1CCN[C@@H](C)C1. The summed E-state index contributed by atoms with van der Waals surface area (Å²) in [6.07, 6.45) is 0.647. The lowest BCUT2D eigenvalue weighted by Gasteiger charge is -2.34. The van der Waals surface area contributed by atoms with Gasteiger partial charge in [0.2, 0.25) is 0 Å². The highest BCUT2D eigenvalue weighted by molar-refractivity contribution is 7.91. The second kappa shape index (κ2) is 5.92. The van der Waals surface area contributed by atoms with Gasteiger partial charge in [-0.3, -0.25) is 0 Å². The molecule has 1 N–H and O–H groups in total. The fourth-order valence-corrected chi connectivity index (χ4v) is 4.07. The number of hydrogen-bond acceptors (Lipinski definition) is 4. The van der Waals surface area contributed by atoms with Crippen molar-refractivity contribution in [2.75, 3.05) is 30.3 Å². The Morgan fingerprint density at radius 1 is 1.37 bits per heavy atom. The quantitative estimate of drug-likeness (QED) is 0.912. The van der Waals surface area contributed by atoms with Crippen LogP contribution in [0.4, 0.5) is 5.69 Å². The van der Waals surface area contributed by atoms with Crippen molar-refractivity contribution in [3.8, 4) is 0 Å². The van der Waals surface area contributed by atoms with Gasteiger partial charge in [-0.15, -0.1) is 0 Å². The topological polar surface area (TPSA) is 49.4 Å². The molecule has 0 radical (unpaired) electrons. The van der Waals surface area contributed by atoms with Crippen LogP contribution in [0.1, 0.15) is 20.3 Å². The molecule has 19 heavy (non-hydrogen) atoms. The normalized spacial score (nSPS) is 20.5. The van der Waals surface area contributed by atoms with Gasteiger partial charge >= 0.3 is 0 Å². The lowest BCUT2D eigenvalue weighted by molar-refractivity contribution is 0.483. The summed E-state index contributed by atoms with van der Waals surface area (Å²) in [7, 11) is -3.17. The molecule has 0 aliphatic carbocycles. The average Bonchev–Trinajstić information content (AvgIpc) is 2.39. The van der Waals surface area contributed by atoms with Crippen LogP contribution in [0.3, 0.4) is 0 Å². The maximum atomic E-state index is 12.3. The van der Waals surface area contributed by atoms with E-state index in [1.165, 1.54) is 0 Å². The summed E-state index contributed by atoms with van der Waals surface area (Å²) < 4.78 is 24.7. The number of anilines is 1. The van der Waals surface area contributed by atoms with Crippen molar-refractivity contribution in [1.29, 1.82) is 0 Å². The molecule has 0 spiro atoms. The predicted molar refractivity (Wildman–Crippen MR) is 78.5 cm³/mol. The molecular formula is C14H22N2O2S. The van der Waals surface area contributed by atoms with Gasteiger partial charge in [0.1, 0.15) is 0 Å². The van der Waals surface area contributed by atoms with Gasteiger partial charge in [-0.2, -0.15) is 0 Å². The zero-order chi connectivity index (χ0) is 13.9. The number of hydrogen-bond donors (Lipinski definition) is 1. The minimum atomic E-state index is -3.17. The van der Waals surface area contributed by atoms with Crippen molar-refractivity contribution in [1.82, 2.24) is 5.32 Å². The number of para-hydroxylation sites is 1. The first-order chi connectivity index (χ1) is 9.04. The Morgan fingerprint density at radius 2 is 2.11 bits per heavy atom. The second-order valence-corrected chi connectivity index (χ2v) is 7.17. The summed E-state index contributed by atoms with van der Waals surface area (Å²) in [6, 6.07) is 7.74. The molecule has 4 nitrogen and oxygen atoms in total. The van der Waals surface area contributed by atoms with E-state index in [9.17, 15) is 8.42 Å². The Kier molecular flexibility index (Phi) is 4.47. The van der Waals surface area contributed by atoms with Gasteiger partial charge in [0, 0.05) is 25.7 Å². The first kappa shape index (κ1) is 14.3. The number of rotatable bonds is 4. The summed E-state index contributed by atoms with van der Waals surface area (Å²) in [4.78, 5) is 2.65. The molecule has 0 saturated carbocycles. The van der Waals surface area contributed by atoms with E-state index in [0.717, 1.165) is 25.3 Å². The number of benzene rings is 1. The van der Waals surface area contributed by atoms with Crippen LogP contribution in [0.5, 0.6) is 0 Å². The smallest absolute Gasteiger partial charge is 0.180 e. The fourth-order valence-electron chi connectivity index (χ4n) is 2.51. The molecule has 0 bridgehead atoms. The largest absolute Gasteiger partial charge is 0.368 e. The van der Waals surface area contributed by atoms with Crippen LogP contribution >= 0.6 is 0 Å². The molecule has 0 aromatic heterocycles. The number of piperazine rings is 1. The molecule has 1 fully saturated rings. The predicted octanol–water partition coefficient (Wildman–Crippen LogP) is 1.67. The molecule has 1 atom stereocenters. The highest BCUT2D eigenvalue weighted by atomic mass is 32.2. The van der Waals surface area contributed by atoms with Crippen molar-refractivity contribution >= 4 is 15.5 Å². The second-order valence-electron chi connectivity index (χ2n) is 5.09. The van der Waals surface area contributed by atoms with E-state index in [0.29, 0.717) is 17.4 Å². The summed E-state index contributed by atoms with van der Waals surface area (Å²) >= 11 is 0. The molecule has 5 heteroatoms. The van der Waals surface area contributed by atoms with Gasteiger partial charge in [-0.25, -0.2) is 8.42 Å². The Morgan fingerprint density at radius 3 is 2.79 bits per heavy atom. The minimum absolute atomic E-state index is 0.214. The van der Waals surface area contributed by atoms with Crippen LogP contribution in [0, 0.1) is 0 Å². The van der Waals surface area contributed by atoms with Gasteiger partial charge in [0.15, 0.2) is 9.84 Å². The van der Waals surface area contributed by atoms with Gasteiger partial charge in [-0.05, 0) is 25.5 Å². The Balaban J connectivity index is 2.36. The van der Waals surface area contributed by atoms with E-state index in [-0.39, 0.29) is 5.75 Å². The van der Waals surface area contributed by atoms with Gasteiger partial charge in [0.25, 0.3) is 0 Å². The number of sulfone groups is 1. The van der Waals surface area contributed by atoms with Crippen LogP contribution in [0.2, 0.25) is 0 Å². The first-order valence-corrected chi connectivity index (χ1v) is 8.50. The van der Waals surface area contributed by atoms with E-state index in [1.807, 2.05) is 19.1 Å². The number of nitrogens with one attached hydrogen (secondary N) is 1. The van der Waals surface area contributed by atoms with Crippen molar-refractivity contribution in [3.63, 3.8) is 0 Å². The maximum absolute atomic E-state index is 12.3. The lowest BCUT2D eigenvalue weighted by atomic mass is 10.2. The molecule has 106 valence electrons. The van der Waals surface area contributed by atoms with Crippen LogP contribution in [-0.2, 0) is 9.84 Å². The van der Waals surface area contributed by atoms with Crippen molar-refractivity contribution in [3.05, 3.63) is 24.3 Å². The molecular weight excluding hydrogens is 260 g/mol. The molecule has 0 amide bonds. The van der Waals surface area contributed by atoms with Crippen LogP contribution in [0.15, 0.2) is 29.2 Å². The molecule has 1 aromatic carbocycles. The van der Waals surface area contributed by atoms with Gasteiger partial charge < -0.3 is 10.2 Å². The average molecular weight is 282 g/mol. The van der Waals surface area contributed by atoms with Gasteiger partial charge in [-0.1, -0.05) is 19.1 Å². The van der Waals surface area contributed by atoms with E-state index < -0.39 is 9.84 Å². The summed E-state index contributed by atoms with van der Waals surface area (Å²) in [5, 5.41) is 3.37. The monoisotopic (exact) mass is 282 g/mol. The molecule has 1 saturated heterocycles. The van der Waals surface area contributed by atoms with Gasteiger partial charge in [0.05, 0.1) is 16.3 Å².